The Bertz CT molecular complexity index is 697. The maximum atomic E-state index is 12.2. The van der Waals surface area contributed by atoms with Crippen molar-refractivity contribution < 1.29 is 15.0 Å². The van der Waals surface area contributed by atoms with Gasteiger partial charge in [-0.2, -0.15) is 0 Å². The molecule has 0 unspecified atom stereocenters. The Morgan fingerprint density at radius 3 is 2.58 bits per heavy atom. The van der Waals surface area contributed by atoms with Gasteiger partial charge in [-0.05, 0) is 29.8 Å². The van der Waals surface area contributed by atoms with Crippen LogP contribution in [0.1, 0.15) is 15.9 Å². The van der Waals surface area contributed by atoms with E-state index in [0.717, 1.165) is 14.9 Å². The first kappa shape index (κ1) is 12.6. The SMILES string of the molecule is O=C1Cc2ccc(Br)cc2Sc2cc(O)c(O)cc21. The molecule has 0 bridgehead atoms. The monoisotopic (exact) mass is 336 g/mol. The average molecular weight is 337 g/mol. The number of Topliss-reactive ketones (excluding diaryl/α,β-unsaturated/α-hetero) is 1. The van der Waals surface area contributed by atoms with E-state index in [1.807, 2.05) is 18.2 Å². The van der Waals surface area contributed by atoms with Crippen molar-refractivity contribution in [3.63, 3.8) is 0 Å². The molecule has 3 rings (SSSR count). The van der Waals surface area contributed by atoms with Crippen LogP contribution >= 0.6 is 27.7 Å². The van der Waals surface area contributed by atoms with E-state index in [-0.39, 0.29) is 17.3 Å². The highest BCUT2D eigenvalue weighted by Gasteiger charge is 2.22. The van der Waals surface area contributed by atoms with Crippen LogP contribution in [0.25, 0.3) is 0 Å². The number of aromatic hydroxyl groups is 2. The standard InChI is InChI=1S/C14H9BrO3S/c15-8-2-1-7-3-10(16)9-5-11(17)12(18)6-14(9)19-13(7)4-8/h1-2,4-6,17-18H,3H2. The molecule has 0 radical (unpaired) electrons. The third-order valence-corrected chi connectivity index (χ3v) is 4.63. The minimum atomic E-state index is -0.264. The lowest BCUT2D eigenvalue weighted by atomic mass is 10.0. The first-order valence-electron chi connectivity index (χ1n) is 5.60. The minimum Gasteiger partial charge on any atom is -0.504 e. The van der Waals surface area contributed by atoms with Crippen molar-refractivity contribution >= 4 is 33.5 Å². The van der Waals surface area contributed by atoms with Crippen LogP contribution in [0, 0.1) is 0 Å². The Morgan fingerprint density at radius 2 is 1.79 bits per heavy atom. The van der Waals surface area contributed by atoms with Gasteiger partial charge in [0, 0.05) is 26.2 Å². The van der Waals surface area contributed by atoms with Crippen LogP contribution in [-0.4, -0.2) is 16.0 Å². The molecule has 0 aromatic heterocycles. The fourth-order valence-electron chi connectivity index (χ4n) is 2.02. The van der Waals surface area contributed by atoms with Crippen molar-refractivity contribution in [3.05, 3.63) is 45.9 Å². The summed E-state index contributed by atoms with van der Waals surface area (Å²) in [6, 6.07) is 8.53. The van der Waals surface area contributed by atoms with Crippen molar-refractivity contribution in [2.75, 3.05) is 0 Å². The highest BCUT2D eigenvalue weighted by molar-refractivity contribution is 9.10. The average Bonchev–Trinajstić information content (AvgIpc) is 2.48. The van der Waals surface area contributed by atoms with Crippen LogP contribution < -0.4 is 0 Å². The quantitative estimate of drug-likeness (QED) is 0.719. The Hall–Kier alpha value is -1.46. The van der Waals surface area contributed by atoms with Gasteiger partial charge < -0.3 is 10.2 Å². The van der Waals surface area contributed by atoms with Crippen molar-refractivity contribution in [1.82, 2.24) is 0 Å². The Labute approximate surface area is 122 Å². The van der Waals surface area contributed by atoms with E-state index in [9.17, 15) is 15.0 Å². The predicted molar refractivity (Wildman–Crippen MR) is 76.1 cm³/mol. The maximum Gasteiger partial charge on any atom is 0.168 e. The zero-order valence-corrected chi connectivity index (χ0v) is 12.1. The first-order valence-corrected chi connectivity index (χ1v) is 7.21. The number of phenolic OH excluding ortho intramolecular Hbond substituents is 2. The number of hydrogen-bond donors (Lipinski definition) is 2. The zero-order chi connectivity index (χ0) is 13.6. The molecule has 19 heavy (non-hydrogen) atoms. The number of fused-ring (bicyclic) bond motifs is 2. The molecule has 2 N–H and O–H groups in total. The van der Waals surface area contributed by atoms with Crippen LogP contribution in [0.4, 0.5) is 0 Å². The lowest BCUT2D eigenvalue weighted by Crippen LogP contribution is -2.03. The molecule has 0 spiro atoms. The summed E-state index contributed by atoms with van der Waals surface area (Å²) >= 11 is 4.83. The second-order valence-corrected chi connectivity index (χ2v) is 6.29. The summed E-state index contributed by atoms with van der Waals surface area (Å²) in [5.74, 6) is -0.531. The summed E-state index contributed by atoms with van der Waals surface area (Å²) in [5, 5.41) is 19.1. The number of carbonyl (C=O) groups excluding carboxylic acids is 1. The summed E-state index contributed by atoms with van der Waals surface area (Å²) in [6.45, 7) is 0. The van der Waals surface area contributed by atoms with E-state index in [4.69, 9.17) is 0 Å². The van der Waals surface area contributed by atoms with Crippen LogP contribution in [0.15, 0.2) is 44.6 Å². The van der Waals surface area contributed by atoms with Crippen LogP contribution in [0.2, 0.25) is 0 Å². The Morgan fingerprint density at radius 1 is 1.05 bits per heavy atom. The molecule has 0 saturated heterocycles. The summed E-state index contributed by atoms with van der Waals surface area (Å²) in [4.78, 5) is 13.8. The normalized spacial score (nSPS) is 13.6. The highest BCUT2D eigenvalue weighted by atomic mass is 79.9. The molecule has 0 amide bonds. The van der Waals surface area contributed by atoms with Crippen molar-refractivity contribution in [2.45, 2.75) is 16.2 Å². The Balaban J connectivity index is 2.19. The van der Waals surface area contributed by atoms with E-state index in [0.29, 0.717) is 16.9 Å². The summed E-state index contributed by atoms with van der Waals surface area (Å²) < 4.78 is 0.942. The third kappa shape index (κ3) is 2.24. The van der Waals surface area contributed by atoms with Crippen molar-refractivity contribution in [2.24, 2.45) is 0 Å². The minimum absolute atomic E-state index is 0.0566. The van der Waals surface area contributed by atoms with Gasteiger partial charge >= 0.3 is 0 Å². The van der Waals surface area contributed by atoms with Gasteiger partial charge in [0.25, 0.3) is 0 Å². The molecule has 2 aromatic rings. The van der Waals surface area contributed by atoms with Crippen LogP contribution in [0.5, 0.6) is 11.5 Å². The van der Waals surface area contributed by atoms with E-state index >= 15 is 0 Å². The molecule has 5 heteroatoms. The number of ketones is 1. The molecular formula is C14H9BrO3S. The molecule has 1 aliphatic heterocycles. The number of benzene rings is 2. The van der Waals surface area contributed by atoms with E-state index in [1.54, 1.807) is 0 Å². The number of halogens is 1. The molecular weight excluding hydrogens is 328 g/mol. The second-order valence-electron chi connectivity index (χ2n) is 4.29. The summed E-state index contributed by atoms with van der Waals surface area (Å²) in [6.07, 6.45) is 0.298. The van der Waals surface area contributed by atoms with E-state index < -0.39 is 0 Å². The molecule has 3 nitrogen and oxygen atoms in total. The van der Waals surface area contributed by atoms with Gasteiger partial charge in [-0.25, -0.2) is 0 Å². The van der Waals surface area contributed by atoms with Gasteiger partial charge in [0.2, 0.25) is 0 Å². The predicted octanol–water partition coefficient (Wildman–Crippen LogP) is 3.75. The van der Waals surface area contributed by atoms with Gasteiger partial charge in [-0.3, -0.25) is 4.79 Å². The van der Waals surface area contributed by atoms with Gasteiger partial charge in [-0.1, -0.05) is 33.8 Å². The number of hydrogen-bond acceptors (Lipinski definition) is 4. The topological polar surface area (TPSA) is 57.5 Å². The lowest BCUT2D eigenvalue weighted by Gasteiger charge is -2.07. The molecule has 0 atom stereocenters. The molecule has 96 valence electrons. The first-order chi connectivity index (χ1) is 9.04. The van der Waals surface area contributed by atoms with Gasteiger partial charge in [0.15, 0.2) is 17.3 Å². The van der Waals surface area contributed by atoms with Gasteiger partial charge in [-0.15, -0.1) is 0 Å². The van der Waals surface area contributed by atoms with E-state index in [1.165, 1.54) is 23.9 Å². The number of rotatable bonds is 0. The third-order valence-electron chi connectivity index (χ3n) is 2.98. The molecule has 1 aliphatic rings. The lowest BCUT2D eigenvalue weighted by molar-refractivity contribution is 0.0989. The summed E-state index contributed by atoms with van der Waals surface area (Å²) in [7, 11) is 0. The zero-order valence-electron chi connectivity index (χ0n) is 9.68. The number of carbonyl (C=O) groups is 1. The molecule has 1 heterocycles. The number of phenols is 2. The molecule has 0 saturated carbocycles. The fraction of sp³-hybridized carbons (Fsp3) is 0.0714. The smallest absolute Gasteiger partial charge is 0.168 e. The fourth-order valence-corrected chi connectivity index (χ4v) is 3.68. The highest BCUT2D eigenvalue weighted by Crippen LogP contribution is 2.42. The molecule has 0 aliphatic carbocycles. The van der Waals surface area contributed by atoms with Crippen LogP contribution in [0.3, 0.4) is 0 Å². The summed E-state index contributed by atoms with van der Waals surface area (Å²) in [5.41, 5.74) is 1.40. The Kier molecular flexibility index (Phi) is 3.03. The van der Waals surface area contributed by atoms with Crippen LogP contribution in [-0.2, 0) is 6.42 Å². The van der Waals surface area contributed by atoms with Gasteiger partial charge in [0.1, 0.15) is 0 Å². The molecule has 2 aromatic carbocycles. The van der Waals surface area contributed by atoms with Crippen molar-refractivity contribution in [3.8, 4) is 11.5 Å². The van der Waals surface area contributed by atoms with Crippen molar-refractivity contribution in [1.29, 1.82) is 0 Å². The second kappa shape index (κ2) is 4.58. The van der Waals surface area contributed by atoms with E-state index in [2.05, 4.69) is 15.9 Å². The maximum absolute atomic E-state index is 12.2. The largest absolute Gasteiger partial charge is 0.504 e. The van der Waals surface area contributed by atoms with Gasteiger partial charge in [0.05, 0.1) is 0 Å². The molecule has 0 fully saturated rings.